The van der Waals surface area contributed by atoms with E-state index in [-0.39, 0.29) is 5.54 Å². The van der Waals surface area contributed by atoms with Gasteiger partial charge in [-0.25, -0.2) is 4.98 Å². The fraction of sp³-hybridized carbons (Fsp3) is 0.812. The SMILES string of the molecule is COCCNC1(c2nc3c(s2)CCCC3)CCN(C)CC1. The second-order valence-electron chi connectivity index (χ2n) is 6.40. The van der Waals surface area contributed by atoms with Crippen molar-refractivity contribution >= 4 is 11.3 Å². The molecule has 1 aromatic rings. The number of nitrogens with one attached hydrogen (secondary N) is 1. The smallest absolute Gasteiger partial charge is 0.113 e. The number of hydrogen-bond donors (Lipinski definition) is 1. The van der Waals surface area contributed by atoms with Gasteiger partial charge in [-0.3, -0.25) is 0 Å². The van der Waals surface area contributed by atoms with Gasteiger partial charge >= 0.3 is 0 Å². The summed E-state index contributed by atoms with van der Waals surface area (Å²) in [6.07, 6.45) is 7.37. The number of fused-ring (bicyclic) bond motifs is 1. The molecule has 4 nitrogen and oxygen atoms in total. The predicted molar refractivity (Wildman–Crippen MR) is 87.0 cm³/mol. The van der Waals surface area contributed by atoms with Crippen LogP contribution >= 0.6 is 11.3 Å². The molecule has 0 atom stereocenters. The van der Waals surface area contributed by atoms with Gasteiger partial charge < -0.3 is 15.0 Å². The Bertz CT molecular complexity index is 443. The maximum atomic E-state index is 5.23. The van der Waals surface area contributed by atoms with Gasteiger partial charge in [0.1, 0.15) is 5.01 Å². The predicted octanol–water partition coefficient (Wildman–Crippen LogP) is 2.18. The minimum Gasteiger partial charge on any atom is -0.383 e. The van der Waals surface area contributed by atoms with Crippen LogP contribution in [-0.2, 0) is 23.1 Å². The van der Waals surface area contributed by atoms with Gasteiger partial charge in [0.15, 0.2) is 0 Å². The molecule has 0 amide bonds. The highest BCUT2D eigenvalue weighted by Crippen LogP contribution is 2.38. The first-order valence-electron chi connectivity index (χ1n) is 8.15. The summed E-state index contributed by atoms with van der Waals surface area (Å²) in [4.78, 5) is 9.01. The maximum absolute atomic E-state index is 5.23. The summed E-state index contributed by atoms with van der Waals surface area (Å²) in [5.74, 6) is 0. The van der Waals surface area contributed by atoms with E-state index < -0.39 is 0 Å². The molecule has 118 valence electrons. The number of rotatable bonds is 5. The summed E-state index contributed by atoms with van der Waals surface area (Å²) < 4.78 is 5.23. The van der Waals surface area contributed by atoms with Gasteiger partial charge in [0.05, 0.1) is 17.8 Å². The van der Waals surface area contributed by atoms with Crippen molar-refractivity contribution in [2.45, 2.75) is 44.1 Å². The summed E-state index contributed by atoms with van der Waals surface area (Å²) in [7, 11) is 3.98. The van der Waals surface area contributed by atoms with Crippen molar-refractivity contribution in [1.29, 1.82) is 0 Å². The Hall–Kier alpha value is -0.490. The third kappa shape index (κ3) is 3.31. The molecule has 1 N–H and O–H groups in total. The van der Waals surface area contributed by atoms with Crippen LogP contribution in [0.4, 0.5) is 0 Å². The van der Waals surface area contributed by atoms with Gasteiger partial charge in [0.25, 0.3) is 0 Å². The van der Waals surface area contributed by atoms with Crippen LogP contribution in [0.1, 0.15) is 41.3 Å². The summed E-state index contributed by atoms with van der Waals surface area (Å²) in [5, 5.41) is 5.11. The Labute approximate surface area is 131 Å². The number of aromatic nitrogens is 1. The number of aryl methyl sites for hydroxylation is 2. The Morgan fingerprint density at radius 2 is 2.05 bits per heavy atom. The summed E-state index contributed by atoms with van der Waals surface area (Å²) in [6.45, 7) is 3.96. The topological polar surface area (TPSA) is 37.4 Å². The lowest BCUT2D eigenvalue weighted by Gasteiger charge is -2.40. The van der Waals surface area contributed by atoms with Crippen LogP contribution in [0.25, 0.3) is 0 Å². The molecule has 1 fully saturated rings. The van der Waals surface area contributed by atoms with Crippen LogP contribution < -0.4 is 5.32 Å². The molecule has 3 rings (SSSR count). The van der Waals surface area contributed by atoms with Crippen LogP contribution in [0, 0.1) is 0 Å². The zero-order valence-corrected chi connectivity index (χ0v) is 14.1. The highest BCUT2D eigenvalue weighted by molar-refractivity contribution is 7.11. The number of ether oxygens (including phenoxy) is 1. The molecule has 1 aromatic heterocycles. The van der Waals surface area contributed by atoms with Crippen molar-refractivity contribution in [3.63, 3.8) is 0 Å². The maximum Gasteiger partial charge on any atom is 0.113 e. The molecule has 1 aliphatic heterocycles. The lowest BCUT2D eigenvalue weighted by atomic mass is 9.88. The highest BCUT2D eigenvalue weighted by atomic mass is 32.1. The van der Waals surface area contributed by atoms with Gasteiger partial charge in [-0.2, -0.15) is 0 Å². The molecule has 2 heterocycles. The summed E-state index contributed by atoms with van der Waals surface area (Å²) in [5.41, 5.74) is 1.46. The minimum atomic E-state index is 0.0764. The van der Waals surface area contributed by atoms with Crippen molar-refractivity contribution in [1.82, 2.24) is 15.2 Å². The van der Waals surface area contributed by atoms with E-state index in [0.717, 1.165) is 39.1 Å². The third-order valence-electron chi connectivity index (χ3n) is 4.87. The van der Waals surface area contributed by atoms with Crippen molar-refractivity contribution in [2.75, 3.05) is 40.4 Å². The van der Waals surface area contributed by atoms with Crippen molar-refractivity contribution < 1.29 is 4.74 Å². The number of nitrogens with zero attached hydrogens (tertiary/aromatic N) is 2. The Kier molecular flexibility index (Phi) is 4.94. The number of hydrogen-bond acceptors (Lipinski definition) is 5. The zero-order valence-electron chi connectivity index (χ0n) is 13.3. The van der Waals surface area contributed by atoms with Crippen LogP contribution in [0.2, 0.25) is 0 Å². The van der Waals surface area contributed by atoms with Crippen molar-refractivity contribution in [2.24, 2.45) is 0 Å². The molecule has 0 unspecified atom stereocenters. The number of thiazole rings is 1. The molecule has 0 spiro atoms. The molecular formula is C16H27N3OS. The Morgan fingerprint density at radius 3 is 2.76 bits per heavy atom. The normalized spacial score (nSPS) is 22.2. The highest BCUT2D eigenvalue weighted by Gasteiger charge is 2.38. The first-order chi connectivity index (χ1) is 10.2. The summed E-state index contributed by atoms with van der Waals surface area (Å²) in [6, 6.07) is 0. The average molecular weight is 309 g/mol. The first kappa shape index (κ1) is 15.4. The number of piperidine rings is 1. The fourth-order valence-electron chi connectivity index (χ4n) is 3.42. The standard InChI is InChI=1S/C16H27N3OS/c1-19-10-7-16(8-11-19,17-9-12-20-2)15-18-13-5-3-4-6-14(13)21-15/h17H,3-12H2,1-2H3. The monoisotopic (exact) mass is 309 g/mol. The van der Waals surface area contributed by atoms with Gasteiger partial charge in [0, 0.05) is 31.6 Å². The van der Waals surface area contributed by atoms with E-state index in [9.17, 15) is 0 Å². The van der Waals surface area contributed by atoms with E-state index >= 15 is 0 Å². The van der Waals surface area contributed by atoms with E-state index in [2.05, 4.69) is 17.3 Å². The van der Waals surface area contributed by atoms with Gasteiger partial charge in [0.2, 0.25) is 0 Å². The van der Waals surface area contributed by atoms with Gasteiger partial charge in [-0.1, -0.05) is 0 Å². The van der Waals surface area contributed by atoms with Gasteiger partial charge in [-0.15, -0.1) is 11.3 Å². The summed E-state index contributed by atoms with van der Waals surface area (Å²) >= 11 is 1.97. The van der Waals surface area contributed by atoms with E-state index in [1.165, 1.54) is 36.4 Å². The van der Waals surface area contributed by atoms with Crippen LogP contribution in [0.3, 0.4) is 0 Å². The van der Waals surface area contributed by atoms with Gasteiger partial charge in [-0.05, 0) is 45.6 Å². The molecule has 21 heavy (non-hydrogen) atoms. The molecule has 0 aromatic carbocycles. The zero-order chi connectivity index (χ0) is 14.7. The largest absolute Gasteiger partial charge is 0.383 e. The lowest BCUT2D eigenvalue weighted by Crippen LogP contribution is -2.51. The molecule has 0 saturated carbocycles. The quantitative estimate of drug-likeness (QED) is 0.846. The van der Waals surface area contributed by atoms with Crippen LogP contribution in [-0.4, -0.2) is 50.3 Å². The number of methoxy groups -OCH3 is 1. The number of likely N-dealkylation sites (tertiary alicyclic amines) is 1. The second kappa shape index (κ2) is 6.73. The Balaban J connectivity index is 1.82. The molecular weight excluding hydrogens is 282 g/mol. The van der Waals surface area contributed by atoms with Crippen molar-refractivity contribution in [3.8, 4) is 0 Å². The average Bonchev–Trinajstić information content (AvgIpc) is 2.94. The van der Waals surface area contributed by atoms with Crippen molar-refractivity contribution in [3.05, 3.63) is 15.6 Å². The molecule has 0 bridgehead atoms. The van der Waals surface area contributed by atoms with E-state index in [1.807, 2.05) is 11.3 Å². The lowest BCUT2D eigenvalue weighted by molar-refractivity contribution is 0.134. The van der Waals surface area contributed by atoms with E-state index in [0.29, 0.717) is 0 Å². The van der Waals surface area contributed by atoms with Crippen LogP contribution in [0.15, 0.2) is 0 Å². The molecule has 0 radical (unpaired) electrons. The fourth-order valence-corrected chi connectivity index (χ4v) is 4.79. The van der Waals surface area contributed by atoms with E-state index in [1.54, 1.807) is 12.0 Å². The second-order valence-corrected chi connectivity index (χ2v) is 7.48. The van der Waals surface area contributed by atoms with Crippen LogP contribution in [0.5, 0.6) is 0 Å². The Morgan fingerprint density at radius 1 is 1.29 bits per heavy atom. The first-order valence-corrected chi connectivity index (χ1v) is 8.97. The molecule has 1 saturated heterocycles. The molecule has 1 aliphatic carbocycles. The molecule has 2 aliphatic rings. The minimum absolute atomic E-state index is 0.0764. The molecule has 5 heteroatoms. The van der Waals surface area contributed by atoms with E-state index in [4.69, 9.17) is 9.72 Å². The third-order valence-corrected chi connectivity index (χ3v) is 6.23.